The number of halogens is 2. The monoisotopic (exact) mass is 563 g/mol. The van der Waals surface area contributed by atoms with Gasteiger partial charge in [0, 0.05) is 65.1 Å². The largest absolute Gasteiger partial charge is 0.356 e. The number of amides is 1. The fourth-order valence-corrected chi connectivity index (χ4v) is 5.39. The van der Waals surface area contributed by atoms with Crippen molar-refractivity contribution in [1.82, 2.24) is 5.32 Å². The number of hydrogen-bond acceptors (Lipinski definition) is 3. The maximum absolute atomic E-state index is 11.9. The van der Waals surface area contributed by atoms with E-state index in [2.05, 4.69) is 71.5 Å². The van der Waals surface area contributed by atoms with Crippen molar-refractivity contribution < 1.29 is 9.37 Å². The molecule has 1 aliphatic heterocycles. The fourth-order valence-electron chi connectivity index (χ4n) is 5.03. The summed E-state index contributed by atoms with van der Waals surface area (Å²) in [6, 6.07) is 22.3. The predicted octanol–water partition coefficient (Wildman–Crippen LogP) is 7.46. The van der Waals surface area contributed by atoms with Gasteiger partial charge in [-0.3, -0.25) is 4.79 Å². The summed E-state index contributed by atoms with van der Waals surface area (Å²) >= 11 is 12.7. The van der Waals surface area contributed by atoms with Crippen molar-refractivity contribution in [3.63, 3.8) is 0 Å². The second-order valence-corrected chi connectivity index (χ2v) is 11.2. The Morgan fingerprint density at radius 3 is 2.51 bits per heavy atom. The predicted molar refractivity (Wildman–Crippen MR) is 165 cm³/mol. The van der Waals surface area contributed by atoms with Crippen LogP contribution in [-0.2, 0) is 10.2 Å². The van der Waals surface area contributed by atoms with Crippen LogP contribution in [0.5, 0.6) is 0 Å². The normalized spacial score (nSPS) is 14.1. The van der Waals surface area contributed by atoms with Crippen molar-refractivity contribution in [2.45, 2.75) is 44.9 Å². The summed E-state index contributed by atoms with van der Waals surface area (Å²) in [5, 5.41) is 7.70. The standard InChI is InChI=1S/C32H36Cl2N4O/c1-32(2)27-22-26(37-25-9-5-3-6-10-25)14-16-29(27)38(20-8-4-7-11-31(39)36-19-18-35)30(32)17-12-23-21-24(33)13-15-28(23)34/h3,5-6,9-10,12-17,21-22,37H,4,7-8,11,18-20,35H2,1-2H3/p+1/b17-12+. The van der Waals surface area contributed by atoms with Crippen LogP contribution < -0.4 is 16.4 Å². The van der Waals surface area contributed by atoms with Crippen LogP contribution in [0.2, 0.25) is 10.0 Å². The molecule has 3 aromatic carbocycles. The number of nitrogens with two attached hydrogens (primary N) is 1. The van der Waals surface area contributed by atoms with Gasteiger partial charge in [0.15, 0.2) is 5.71 Å². The Kier molecular flexibility index (Phi) is 9.84. The van der Waals surface area contributed by atoms with E-state index in [1.165, 1.54) is 17.0 Å². The Morgan fingerprint density at radius 1 is 0.949 bits per heavy atom. The zero-order valence-electron chi connectivity index (χ0n) is 22.6. The van der Waals surface area contributed by atoms with Crippen LogP contribution in [0.3, 0.4) is 0 Å². The molecule has 3 aromatic rings. The van der Waals surface area contributed by atoms with Gasteiger partial charge in [-0.15, -0.1) is 0 Å². The summed E-state index contributed by atoms with van der Waals surface area (Å²) in [5.74, 6) is 0.0696. The first-order chi connectivity index (χ1) is 18.8. The number of allylic oxidation sites excluding steroid dienone is 1. The average Bonchev–Trinajstić information content (AvgIpc) is 3.13. The number of nitrogens with one attached hydrogen (secondary N) is 2. The highest BCUT2D eigenvalue weighted by Gasteiger charge is 2.44. The molecule has 0 bridgehead atoms. The van der Waals surface area contributed by atoms with Crippen molar-refractivity contribution in [2.24, 2.45) is 5.73 Å². The third-order valence-corrected chi connectivity index (χ3v) is 7.66. The van der Waals surface area contributed by atoms with Gasteiger partial charge in [-0.05, 0) is 80.8 Å². The summed E-state index contributed by atoms with van der Waals surface area (Å²) in [4.78, 5) is 11.9. The van der Waals surface area contributed by atoms with Crippen LogP contribution in [0, 0.1) is 0 Å². The quantitative estimate of drug-likeness (QED) is 0.158. The van der Waals surface area contributed by atoms with Crippen LogP contribution in [-0.4, -0.2) is 35.8 Å². The zero-order valence-corrected chi connectivity index (χ0v) is 24.2. The first-order valence-corrected chi connectivity index (χ1v) is 14.3. The molecular weight excluding hydrogens is 527 g/mol. The van der Waals surface area contributed by atoms with Crippen LogP contribution in [0.1, 0.15) is 50.7 Å². The van der Waals surface area contributed by atoms with Gasteiger partial charge >= 0.3 is 0 Å². The molecule has 0 aliphatic carbocycles. The summed E-state index contributed by atoms with van der Waals surface area (Å²) in [6.45, 7) is 6.37. The van der Waals surface area contributed by atoms with E-state index >= 15 is 0 Å². The molecule has 1 amide bonds. The minimum Gasteiger partial charge on any atom is -0.356 e. The first-order valence-electron chi connectivity index (χ1n) is 13.5. The third-order valence-electron chi connectivity index (χ3n) is 7.09. The molecule has 4 N–H and O–H groups in total. The van der Waals surface area contributed by atoms with Gasteiger partial charge < -0.3 is 16.4 Å². The van der Waals surface area contributed by atoms with E-state index in [-0.39, 0.29) is 11.3 Å². The average molecular weight is 565 g/mol. The molecule has 0 radical (unpaired) electrons. The number of para-hydroxylation sites is 1. The van der Waals surface area contributed by atoms with Crippen molar-refractivity contribution in [3.05, 3.63) is 94.0 Å². The lowest BCUT2D eigenvalue weighted by Gasteiger charge is -2.17. The molecule has 0 unspecified atom stereocenters. The summed E-state index contributed by atoms with van der Waals surface area (Å²) < 4.78 is 2.41. The minimum atomic E-state index is -0.229. The molecule has 204 valence electrons. The molecule has 39 heavy (non-hydrogen) atoms. The number of nitrogens with zero attached hydrogens (tertiary/aromatic N) is 1. The number of anilines is 2. The SMILES string of the molecule is CC1(C)C(/C=C/c2cc(Cl)ccc2Cl)=[N+](CCCCCC(=O)NCCN)c2ccc(Nc3ccccc3)cc21. The van der Waals surface area contributed by atoms with E-state index in [1.807, 2.05) is 30.3 Å². The third kappa shape index (κ3) is 7.30. The van der Waals surface area contributed by atoms with Gasteiger partial charge in [-0.25, -0.2) is 0 Å². The molecule has 0 atom stereocenters. The van der Waals surface area contributed by atoms with E-state index < -0.39 is 0 Å². The van der Waals surface area contributed by atoms with Gasteiger partial charge in [0.05, 0.1) is 5.41 Å². The maximum atomic E-state index is 11.9. The number of hydrogen-bond donors (Lipinski definition) is 3. The lowest BCUT2D eigenvalue weighted by atomic mass is 9.81. The molecule has 0 saturated carbocycles. The van der Waals surface area contributed by atoms with E-state index in [1.54, 1.807) is 6.07 Å². The number of carbonyl (C=O) groups excluding carboxylic acids is 1. The molecular formula is C32H37Cl2N4O+. The van der Waals surface area contributed by atoms with Gasteiger partial charge in [0.2, 0.25) is 11.6 Å². The fraction of sp³-hybridized carbons (Fsp3) is 0.312. The molecule has 0 aromatic heterocycles. The molecule has 4 rings (SSSR count). The van der Waals surface area contributed by atoms with E-state index in [9.17, 15) is 4.79 Å². The summed E-state index contributed by atoms with van der Waals surface area (Å²) in [6.07, 6.45) is 7.54. The molecule has 5 nitrogen and oxygen atoms in total. The number of rotatable bonds is 12. The Labute approximate surface area is 241 Å². The van der Waals surface area contributed by atoms with Crippen molar-refractivity contribution in [1.29, 1.82) is 0 Å². The minimum absolute atomic E-state index is 0.0696. The van der Waals surface area contributed by atoms with Crippen LogP contribution in [0.4, 0.5) is 17.1 Å². The second kappa shape index (κ2) is 13.3. The van der Waals surface area contributed by atoms with Crippen molar-refractivity contribution in [2.75, 3.05) is 25.0 Å². The number of benzene rings is 3. The van der Waals surface area contributed by atoms with Gasteiger partial charge in [0.25, 0.3) is 0 Å². The lowest BCUT2D eigenvalue weighted by Crippen LogP contribution is -2.28. The maximum Gasteiger partial charge on any atom is 0.220 e. The Bertz CT molecular complexity index is 1370. The van der Waals surface area contributed by atoms with Crippen LogP contribution in [0.15, 0.2) is 72.8 Å². The van der Waals surface area contributed by atoms with E-state index in [4.69, 9.17) is 28.9 Å². The van der Waals surface area contributed by atoms with Crippen LogP contribution >= 0.6 is 23.2 Å². The smallest absolute Gasteiger partial charge is 0.220 e. The Hall–Kier alpha value is -3.12. The van der Waals surface area contributed by atoms with Crippen molar-refractivity contribution >= 4 is 58.0 Å². The highest BCUT2D eigenvalue weighted by Crippen LogP contribution is 2.42. The molecule has 1 heterocycles. The summed E-state index contributed by atoms with van der Waals surface area (Å²) in [7, 11) is 0. The van der Waals surface area contributed by atoms with E-state index in [0.29, 0.717) is 29.6 Å². The topological polar surface area (TPSA) is 70.2 Å². The van der Waals surface area contributed by atoms with Gasteiger partial charge in [0.1, 0.15) is 6.54 Å². The number of carbonyl (C=O) groups is 1. The van der Waals surface area contributed by atoms with Gasteiger partial charge in [-0.1, -0.05) is 41.4 Å². The lowest BCUT2D eigenvalue weighted by molar-refractivity contribution is -0.438. The highest BCUT2D eigenvalue weighted by atomic mass is 35.5. The Morgan fingerprint density at radius 2 is 1.74 bits per heavy atom. The van der Waals surface area contributed by atoms with Crippen molar-refractivity contribution in [3.8, 4) is 0 Å². The number of fused-ring (bicyclic) bond motifs is 1. The molecule has 7 heteroatoms. The molecule has 0 fully saturated rings. The second-order valence-electron chi connectivity index (χ2n) is 10.3. The van der Waals surface area contributed by atoms with E-state index in [0.717, 1.165) is 42.7 Å². The van der Waals surface area contributed by atoms with Crippen LogP contribution in [0.25, 0.3) is 6.08 Å². The Balaban J connectivity index is 1.59. The molecule has 0 saturated heterocycles. The first kappa shape index (κ1) is 28.9. The number of unbranched alkanes of at least 4 members (excludes halogenated alkanes) is 2. The molecule has 0 spiro atoms. The van der Waals surface area contributed by atoms with Gasteiger partial charge in [-0.2, -0.15) is 4.58 Å². The zero-order chi connectivity index (χ0) is 27.8. The highest BCUT2D eigenvalue weighted by molar-refractivity contribution is 6.34. The molecule has 1 aliphatic rings. The summed E-state index contributed by atoms with van der Waals surface area (Å²) in [5.41, 5.74) is 11.9.